The minimum atomic E-state index is -0.393. The minimum absolute atomic E-state index is 0.120. The van der Waals surface area contributed by atoms with Crippen molar-refractivity contribution in [1.29, 1.82) is 0 Å². The second-order valence-corrected chi connectivity index (χ2v) is 6.57. The number of amides is 1. The van der Waals surface area contributed by atoms with Crippen molar-refractivity contribution in [2.75, 3.05) is 48.6 Å². The lowest BCUT2D eigenvalue weighted by molar-refractivity contribution is -0.116. The van der Waals surface area contributed by atoms with Crippen LogP contribution in [0.25, 0.3) is 0 Å². The fourth-order valence-electron chi connectivity index (χ4n) is 3.15. The number of ether oxygens (including phenoxy) is 3. The Balaban J connectivity index is 1.38. The van der Waals surface area contributed by atoms with Crippen molar-refractivity contribution >= 4 is 23.0 Å². The highest BCUT2D eigenvalue weighted by Gasteiger charge is 2.17. The van der Waals surface area contributed by atoms with Gasteiger partial charge in [-0.05, 0) is 37.3 Å². The van der Waals surface area contributed by atoms with Crippen LogP contribution in [0.4, 0.5) is 17.1 Å². The first-order valence-electron chi connectivity index (χ1n) is 9.09. The smallest absolute Gasteiger partial charge is 0.246 e. The van der Waals surface area contributed by atoms with Gasteiger partial charge in [-0.3, -0.25) is 4.79 Å². The summed E-state index contributed by atoms with van der Waals surface area (Å²) in [6.07, 6.45) is 0. The number of anilines is 3. The Bertz CT molecular complexity index is 821. The molecule has 0 saturated carbocycles. The molecule has 0 aliphatic carbocycles. The lowest BCUT2D eigenvalue weighted by atomic mass is 10.2. The van der Waals surface area contributed by atoms with Gasteiger partial charge in [0.25, 0.3) is 0 Å². The summed E-state index contributed by atoms with van der Waals surface area (Å²) in [6.45, 7) is 5.29. The van der Waals surface area contributed by atoms with Crippen LogP contribution in [0.5, 0.6) is 11.5 Å². The van der Waals surface area contributed by atoms with Gasteiger partial charge in [-0.2, -0.15) is 0 Å². The molecule has 0 unspecified atom stereocenters. The van der Waals surface area contributed by atoms with Crippen LogP contribution in [-0.2, 0) is 9.53 Å². The monoisotopic (exact) mass is 369 g/mol. The molecule has 1 atom stereocenters. The molecule has 1 fully saturated rings. The van der Waals surface area contributed by atoms with E-state index in [9.17, 15) is 4.79 Å². The molecule has 2 aromatic carbocycles. The molecular formula is C20H23N3O4. The Morgan fingerprint density at radius 3 is 2.70 bits per heavy atom. The Kier molecular flexibility index (Phi) is 5.02. The highest BCUT2D eigenvalue weighted by Crippen LogP contribution is 2.34. The van der Waals surface area contributed by atoms with Gasteiger partial charge in [-0.15, -0.1) is 0 Å². The highest BCUT2D eigenvalue weighted by molar-refractivity contribution is 5.96. The van der Waals surface area contributed by atoms with Gasteiger partial charge in [0, 0.05) is 36.2 Å². The van der Waals surface area contributed by atoms with Crippen molar-refractivity contribution in [1.82, 2.24) is 0 Å². The van der Waals surface area contributed by atoms with E-state index in [2.05, 4.69) is 27.7 Å². The Labute approximate surface area is 158 Å². The third-order valence-electron chi connectivity index (χ3n) is 4.64. The van der Waals surface area contributed by atoms with Crippen molar-refractivity contribution in [2.24, 2.45) is 0 Å². The van der Waals surface area contributed by atoms with Crippen LogP contribution in [0.15, 0.2) is 42.5 Å². The maximum absolute atomic E-state index is 12.5. The fourth-order valence-corrected chi connectivity index (χ4v) is 3.15. The summed E-state index contributed by atoms with van der Waals surface area (Å²) in [5.41, 5.74) is 2.72. The first-order valence-corrected chi connectivity index (χ1v) is 9.09. The van der Waals surface area contributed by atoms with Crippen LogP contribution in [0.1, 0.15) is 6.92 Å². The molecule has 2 aliphatic rings. The number of hydrogen-bond acceptors (Lipinski definition) is 6. The quantitative estimate of drug-likeness (QED) is 0.844. The van der Waals surface area contributed by atoms with Crippen molar-refractivity contribution in [3.8, 4) is 11.5 Å². The van der Waals surface area contributed by atoms with Crippen molar-refractivity contribution < 1.29 is 19.0 Å². The van der Waals surface area contributed by atoms with E-state index in [4.69, 9.17) is 14.2 Å². The summed E-state index contributed by atoms with van der Waals surface area (Å²) in [6, 6.07) is 13.1. The topological polar surface area (TPSA) is 72.1 Å². The zero-order valence-corrected chi connectivity index (χ0v) is 15.2. The lowest BCUT2D eigenvalue weighted by Crippen LogP contribution is -2.36. The summed E-state index contributed by atoms with van der Waals surface area (Å²) in [5, 5.41) is 6.17. The lowest BCUT2D eigenvalue weighted by Gasteiger charge is -2.29. The van der Waals surface area contributed by atoms with Crippen LogP contribution < -0.4 is 25.0 Å². The second-order valence-electron chi connectivity index (χ2n) is 6.57. The molecule has 7 nitrogen and oxygen atoms in total. The van der Waals surface area contributed by atoms with Crippen molar-refractivity contribution in [2.45, 2.75) is 13.0 Å². The molecule has 2 heterocycles. The maximum Gasteiger partial charge on any atom is 0.246 e. The number of nitrogens with one attached hydrogen (secondary N) is 2. The van der Waals surface area contributed by atoms with Gasteiger partial charge < -0.3 is 29.7 Å². The maximum atomic E-state index is 12.5. The van der Waals surface area contributed by atoms with Crippen LogP contribution in [-0.4, -0.2) is 45.0 Å². The summed E-state index contributed by atoms with van der Waals surface area (Å²) >= 11 is 0. The normalized spacial score (nSPS) is 16.7. The Hall–Kier alpha value is -2.93. The third-order valence-corrected chi connectivity index (χ3v) is 4.64. The van der Waals surface area contributed by atoms with E-state index in [0.29, 0.717) is 17.2 Å². The zero-order chi connectivity index (χ0) is 18.6. The van der Waals surface area contributed by atoms with Crippen molar-refractivity contribution in [3.63, 3.8) is 0 Å². The molecular weight excluding hydrogens is 346 g/mol. The molecule has 1 amide bonds. The van der Waals surface area contributed by atoms with E-state index >= 15 is 0 Å². The molecule has 2 aromatic rings. The van der Waals surface area contributed by atoms with Gasteiger partial charge >= 0.3 is 0 Å². The van der Waals surface area contributed by atoms with Crippen molar-refractivity contribution in [3.05, 3.63) is 42.5 Å². The minimum Gasteiger partial charge on any atom is -0.454 e. The van der Waals surface area contributed by atoms with E-state index in [-0.39, 0.29) is 12.7 Å². The Morgan fingerprint density at radius 2 is 1.85 bits per heavy atom. The van der Waals surface area contributed by atoms with Gasteiger partial charge in [-0.1, -0.05) is 6.07 Å². The first kappa shape index (κ1) is 17.5. The van der Waals surface area contributed by atoms with Crippen LogP contribution in [0.3, 0.4) is 0 Å². The summed E-state index contributed by atoms with van der Waals surface area (Å²) < 4.78 is 16.0. The van der Waals surface area contributed by atoms with Gasteiger partial charge in [-0.25, -0.2) is 0 Å². The van der Waals surface area contributed by atoms with E-state index in [1.807, 2.05) is 19.1 Å². The highest BCUT2D eigenvalue weighted by atomic mass is 16.7. The van der Waals surface area contributed by atoms with Gasteiger partial charge in [0.2, 0.25) is 12.7 Å². The molecule has 1 saturated heterocycles. The van der Waals surface area contributed by atoms with Gasteiger partial charge in [0.05, 0.1) is 13.2 Å². The van der Waals surface area contributed by atoms with E-state index < -0.39 is 6.04 Å². The van der Waals surface area contributed by atoms with Crippen LogP contribution in [0.2, 0.25) is 0 Å². The van der Waals surface area contributed by atoms with Gasteiger partial charge in [0.1, 0.15) is 6.04 Å². The third kappa shape index (κ3) is 4.09. The molecule has 0 bridgehead atoms. The molecule has 27 heavy (non-hydrogen) atoms. The van der Waals surface area contributed by atoms with E-state index in [0.717, 1.165) is 37.7 Å². The average Bonchev–Trinajstić information content (AvgIpc) is 3.16. The number of carbonyl (C=O) groups excluding carboxylic acids is 1. The first-order chi connectivity index (χ1) is 13.2. The summed E-state index contributed by atoms with van der Waals surface area (Å²) in [5.74, 6) is 1.22. The molecule has 2 N–H and O–H groups in total. The molecule has 7 heteroatoms. The number of rotatable bonds is 5. The summed E-state index contributed by atoms with van der Waals surface area (Å²) in [7, 11) is 0. The standard InChI is InChI=1S/C20H23N3O4/c1-14(20(24)22-16-5-6-18-19(12-16)27-13-26-18)21-15-3-2-4-17(11-15)23-7-9-25-10-8-23/h2-6,11-12,14,21H,7-10,13H2,1H3,(H,22,24)/t14-/m0/s1. The number of nitrogens with zero attached hydrogens (tertiary/aromatic N) is 1. The SMILES string of the molecule is C[C@H](Nc1cccc(N2CCOCC2)c1)C(=O)Nc1ccc2c(c1)OCO2. The number of morpholine rings is 1. The molecule has 4 rings (SSSR count). The number of hydrogen-bond donors (Lipinski definition) is 2. The number of benzene rings is 2. The molecule has 2 aliphatic heterocycles. The molecule has 0 aromatic heterocycles. The largest absolute Gasteiger partial charge is 0.454 e. The summed E-state index contributed by atoms with van der Waals surface area (Å²) in [4.78, 5) is 14.8. The fraction of sp³-hybridized carbons (Fsp3) is 0.350. The zero-order valence-electron chi connectivity index (χ0n) is 15.2. The molecule has 142 valence electrons. The number of carbonyl (C=O) groups is 1. The van der Waals surface area contributed by atoms with E-state index in [1.165, 1.54) is 0 Å². The predicted octanol–water partition coefficient (Wildman–Crippen LogP) is 2.69. The number of fused-ring (bicyclic) bond motifs is 1. The van der Waals surface area contributed by atoms with Crippen LogP contribution in [0, 0.1) is 0 Å². The van der Waals surface area contributed by atoms with E-state index in [1.54, 1.807) is 18.2 Å². The molecule has 0 radical (unpaired) electrons. The second kappa shape index (κ2) is 7.75. The Morgan fingerprint density at radius 1 is 1.04 bits per heavy atom. The molecule has 0 spiro atoms. The van der Waals surface area contributed by atoms with Crippen LogP contribution >= 0.6 is 0 Å². The average molecular weight is 369 g/mol. The van der Waals surface area contributed by atoms with Gasteiger partial charge in [0.15, 0.2) is 11.5 Å². The predicted molar refractivity (Wildman–Crippen MR) is 104 cm³/mol.